The number of hydrogen-bond donors (Lipinski definition) is 0. The minimum atomic E-state index is 0.608. The summed E-state index contributed by atoms with van der Waals surface area (Å²) in [5.74, 6) is 1.85. The molecule has 3 heterocycles. The topological polar surface area (TPSA) is 51.8 Å². The van der Waals surface area contributed by atoms with E-state index in [1.54, 1.807) is 0 Å². The van der Waals surface area contributed by atoms with Gasteiger partial charge in [-0.3, -0.25) is 0 Å². The average molecular weight is 658 g/mol. The molecule has 0 N–H and O–H groups in total. The van der Waals surface area contributed by atoms with Gasteiger partial charge in [-0.2, -0.15) is 0 Å². The van der Waals surface area contributed by atoms with Crippen molar-refractivity contribution in [3.05, 3.63) is 164 Å². The summed E-state index contributed by atoms with van der Waals surface area (Å²) in [4.78, 5) is 15.1. The molecular weight excluding hydrogens is 631 g/mol. The number of nitrogens with zero attached hydrogens (tertiary/aromatic N) is 3. The summed E-state index contributed by atoms with van der Waals surface area (Å²) in [7, 11) is 0. The van der Waals surface area contributed by atoms with Crippen LogP contribution in [0.25, 0.3) is 98.5 Å². The summed E-state index contributed by atoms with van der Waals surface area (Å²) in [6.07, 6.45) is 0. The molecule has 50 heavy (non-hydrogen) atoms. The Kier molecular flexibility index (Phi) is 6.64. The summed E-state index contributed by atoms with van der Waals surface area (Å²) >= 11 is 1.85. The highest BCUT2D eigenvalue weighted by Crippen LogP contribution is 2.38. The minimum absolute atomic E-state index is 0.608. The van der Waals surface area contributed by atoms with Crippen molar-refractivity contribution in [1.82, 2.24) is 15.0 Å². The van der Waals surface area contributed by atoms with Crippen LogP contribution < -0.4 is 0 Å². The van der Waals surface area contributed by atoms with Gasteiger partial charge in [-0.25, -0.2) is 15.0 Å². The summed E-state index contributed by atoms with van der Waals surface area (Å²) in [5, 5.41) is 4.66. The molecule has 0 saturated carbocycles. The Morgan fingerprint density at radius 2 is 0.940 bits per heavy atom. The van der Waals surface area contributed by atoms with Crippen molar-refractivity contribution in [3.8, 4) is 56.4 Å². The maximum Gasteiger partial charge on any atom is 0.164 e. The Morgan fingerprint density at radius 1 is 0.360 bits per heavy atom. The molecule has 0 spiro atoms. The van der Waals surface area contributed by atoms with Crippen molar-refractivity contribution in [1.29, 1.82) is 0 Å². The van der Waals surface area contributed by atoms with Crippen LogP contribution in [0.5, 0.6) is 0 Å². The lowest BCUT2D eigenvalue weighted by molar-refractivity contribution is 0.669. The van der Waals surface area contributed by atoms with Crippen molar-refractivity contribution < 1.29 is 4.42 Å². The average Bonchev–Trinajstić information content (AvgIpc) is 3.76. The van der Waals surface area contributed by atoms with Crippen LogP contribution in [0.2, 0.25) is 0 Å². The van der Waals surface area contributed by atoms with E-state index in [0.29, 0.717) is 17.5 Å². The molecule has 234 valence electrons. The van der Waals surface area contributed by atoms with E-state index in [0.717, 1.165) is 49.8 Å². The van der Waals surface area contributed by atoms with Gasteiger partial charge in [0.05, 0.1) is 0 Å². The first-order chi connectivity index (χ1) is 24.7. The van der Waals surface area contributed by atoms with Crippen molar-refractivity contribution in [3.63, 3.8) is 0 Å². The molecule has 5 heteroatoms. The zero-order valence-corrected chi connectivity index (χ0v) is 27.6. The molecule has 0 amide bonds. The number of hydrogen-bond acceptors (Lipinski definition) is 5. The van der Waals surface area contributed by atoms with Crippen LogP contribution in [-0.4, -0.2) is 15.0 Å². The third kappa shape index (κ3) is 4.87. The van der Waals surface area contributed by atoms with Crippen molar-refractivity contribution in [2.45, 2.75) is 0 Å². The van der Waals surface area contributed by atoms with Crippen LogP contribution in [0, 0.1) is 0 Å². The number of benzene rings is 7. The zero-order valence-electron chi connectivity index (χ0n) is 26.7. The SMILES string of the molecule is c1ccc(-c2nc(-c3cccc(-c4ccc(-c5ccc6sc7ccccc7c6c5)cc4)c3)nc(-c3cccc4oc5ccccc5c34)n2)cc1. The van der Waals surface area contributed by atoms with Gasteiger partial charge in [0.2, 0.25) is 0 Å². The quantitative estimate of drug-likeness (QED) is 0.185. The first-order valence-corrected chi connectivity index (χ1v) is 17.4. The summed E-state index contributed by atoms with van der Waals surface area (Å²) in [5.41, 5.74) is 9.05. The molecule has 10 aromatic rings. The smallest absolute Gasteiger partial charge is 0.164 e. The molecular formula is C45H27N3OS. The Hall–Kier alpha value is -6.43. The van der Waals surface area contributed by atoms with Crippen molar-refractivity contribution in [2.75, 3.05) is 0 Å². The number of fused-ring (bicyclic) bond motifs is 6. The molecule has 7 aromatic carbocycles. The summed E-state index contributed by atoms with van der Waals surface area (Å²) in [6, 6.07) is 56.9. The largest absolute Gasteiger partial charge is 0.456 e. The van der Waals surface area contributed by atoms with Gasteiger partial charge in [-0.05, 0) is 58.7 Å². The second kappa shape index (κ2) is 11.6. The van der Waals surface area contributed by atoms with Gasteiger partial charge in [0.15, 0.2) is 17.5 Å². The van der Waals surface area contributed by atoms with Crippen LogP contribution >= 0.6 is 11.3 Å². The second-order valence-electron chi connectivity index (χ2n) is 12.4. The third-order valence-electron chi connectivity index (χ3n) is 9.36. The Bertz CT molecular complexity index is 2870. The molecule has 10 rings (SSSR count). The summed E-state index contributed by atoms with van der Waals surface area (Å²) < 4.78 is 8.84. The second-order valence-corrected chi connectivity index (χ2v) is 13.5. The molecule has 0 atom stereocenters. The highest BCUT2D eigenvalue weighted by molar-refractivity contribution is 7.25. The highest BCUT2D eigenvalue weighted by atomic mass is 32.1. The predicted octanol–water partition coefficient (Wildman–Crippen LogP) is 12.5. The van der Waals surface area contributed by atoms with Crippen molar-refractivity contribution in [2.24, 2.45) is 0 Å². The van der Waals surface area contributed by atoms with Crippen molar-refractivity contribution >= 4 is 53.4 Å². The number of aromatic nitrogens is 3. The van der Waals surface area contributed by atoms with E-state index < -0.39 is 0 Å². The Morgan fingerprint density at radius 3 is 1.78 bits per heavy atom. The molecule has 0 fully saturated rings. The highest BCUT2D eigenvalue weighted by Gasteiger charge is 2.18. The fourth-order valence-electron chi connectivity index (χ4n) is 6.90. The normalized spacial score (nSPS) is 11.6. The summed E-state index contributed by atoms with van der Waals surface area (Å²) in [6.45, 7) is 0. The predicted molar refractivity (Wildman–Crippen MR) is 207 cm³/mol. The molecule has 4 nitrogen and oxygen atoms in total. The standard InChI is InChI=1S/C45H27N3OS/c1-2-10-30(11-3-1)43-46-44(48-45(47-43)36-16-9-18-39-42(36)35-15-4-6-17-38(35)49-39)33-13-8-12-31(26-33)28-20-22-29(23-21-28)32-24-25-41-37(27-32)34-14-5-7-19-40(34)50-41/h1-27H. The Balaban J connectivity index is 1.06. The van der Waals surface area contributed by atoms with Gasteiger partial charge in [-0.15, -0.1) is 11.3 Å². The van der Waals surface area contributed by atoms with E-state index in [-0.39, 0.29) is 0 Å². The molecule has 3 aromatic heterocycles. The van der Waals surface area contributed by atoms with E-state index in [4.69, 9.17) is 19.4 Å². The van der Waals surface area contributed by atoms with E-state index in [1.807, 2.05) is 72.0 Å². The number of thiophene rings is 1. The molecule has 0 aliphatic rings. The van der Waals surface area contributed by atoms with E-state index >= 15 is 0 Å². The molecule has 0 saturated heterocycles. The maximum absolute atomic E-state index is 6.21. The zero-order chi connectivity index (χ0) is 33.0. The monoisotopic (exact) mass is 657 g/mol. The third-order valence-corrected chi connectivity index (χ3v) is 10.5. The lowest BCUT2D eigenvalue weighted by Gasteiger charge is -2.10. The lowest BCUT2D eigenvalue weighted by Crippen LogP contribution is -2.00. The van der Waals surface area contributed by atoms with Gasteiger partial charge in [0, 0.05) is 47.6 Å². The van der Waals surface area contributed by atoms with Crippen LogP contribution in [0.3, 0.4) is 0 Å². The van der Waals surface area contributed by atoms with Gasteiger partial charge in [0.1, 0.15) is 11.2 Å². The number of para-hydroxylation sites is 1. The van der Waals surface area contributed by atoms with Gasteiger partial charge in [-0.1, -0.05) is 127 Å². The minimum Gasteiger partial charge on any atom is -0.456 e. The molecule has 0 aliphatic carbocycles. The number of furan rings is 1. The molecule has 0 aliphatic heterocycles. The van der Waals surface area contributed by atoms with Crippen LogP contribution in [0.15, 0.2) is 168 Å². The van der Waals surface area contributed by atoms with E-state index in [1.165, 1.54) is 31.3 Å². The molecule has 0 radical (unpaired) electrons. The van der Waals surface area contributed by atoms with Crippen LogP contribution in [-0.2, 0) is 0 Å². The van der Waals surface area contributed by atoms with Gasteiger partial charge < -0.3 is 4.42 Å². The van der Waals surface area contributed by atoms with E-state index in [2.05, 4.69) is 103 Å². The van der Waals surface area contributed by atoms with E-state index in [9.17, 15) is 0 Å². The van der Waals surface area contributed by atoms with Gasteiger partial charge >= 0.3 is 0 Å². The Labute approximate surface area is 292 Å². The lowest BCUT2D eigenvalue weighted by atomic mass is 9.98. The molecule has 0 unspecified atom stereocenters. The number of rotatable bonds is 5. The van der Waals surface area contributed by atoms with Crippen LogP contribution in [0.4, 0.5) is 0 Å². The fourth-order valence-corrected chi connectivity index (χ4v) is 7.99. The van der Waals surface area contributed by atoms with Gasteiger partial charge in [0.25, 0.3) is 0 Å². The molecule has 0 bridgehead atoms. The first kappa shape index (κ1) is 28.6. The van der Waals surface area contributed by atoms with Crippen LogP contribution in [0.1, 0.15) is 0 Å². The fraction of sp³-hybridized carbons (Fsp3) is 0. The maximum atomic E-state index is 6.21. The first-order valence-electron chi connectivity index (χ1n) is 16.6.